The first kappa shape index (κ1) is 21.2. The fraction of sp³-hybridized carbons (Fsp3) is 0.286. The molecule has 0 bridgehead atoms. The second kappa shape index (κ2) is 9.33. The average Bonchev–Trinajstić information content (AvgIpc) is 2.67. The van der Waals surface area contributed by atoms with Crippen LogP contribution in [-0.4, -0.2) is 33.7 Å². The number of benzene rings is 2. The smallest absolute Gasteiger partial charge is 0.248 e. The summed E-state index contributed by atoms with van der Waals surface area (Å²) in [6, 6.07) is 12.3. The molecule has 1 saturated heterocycles. The van der Waals surface area contributed by atoms with Crippen molar-refractivity contribution in [3.05, 3.63) is 59.1 Å². The van der Waals surface area contributed by atoms with Gasteiger partial charge in [0.1, 0.15) is 0 Å². The fourth-order valence-electron chi connectivity index (χ4n) is 3.21. The van der Waals surface area contributed by atoms with Crippen molar-refractivity contribution >= 4 is 50.7 Å². The Hall–Kier alpha value is -2.51. The third-order valence-corrected chi connectivity index (χ3v) is 5.46. The molecule has 154 valence electrons. The number of piperidine rings is 1. The van der Waals surface area contributed by atoms with Crippen LogP contribution in [0.15, 0.2) is 48.5 Å². The van der Waals surface area contributed by atoms with E-state index in [9.17, 15) is 13.2 Å². The summed E-state index contributed by atoms with van der Waals surface area (Å²) in [5, 5.41) is 3.43. The van der Waals surface area contributed by atoms with Crippen LogP contribution in [0.1, 0.15) is 24.8 Å². The van der Waals surface area contributed by atoms with Crippen LogP contribution >= 0.6 is 11.6 Å². The lowest BCUT2D eigenvalue weighted by molar-refractivity contribution is -0.111. The quantitative estimate of drug-likeness (QED) is 0.663. The highest BCUT2D eigenvalue weighted by Gasteiger charge is 2.14. The van der Waals surface area contributed by atoms with Gasteiger partial charge >= 0.3 is 0 Å². The van der Waals surface area contributed by atoms with E-state index in [0.717, 1.165) is 30.6 Å². The maximum Gasteiger partial charge on any atom is 0.248 e. The molecule has 0 aromatic heterocycles. The predicted molar refractivity (Wildman–Crippen MR) is 120 cm³/mol. The Kier molecular flexibility index (Phi) is 6.82. The topological polar surface area (TPSA) is 78.5 Å². The first-order chi connectivity index (χ1) is 13.8. The minimum Gasteiger partial charge on any atom is -0.370 e. The molecule has 0 saturated carbocycles. The number of nitrogens with zero attached hydrogens (tertiary/aromatic N) is 1. The first-order valence-corrected chi connectivity index (χ1v) is 11.7. The van der Waals surface area contributed by atoms with Crippen LogP contribution < -0.4 is 14.9 Å². The van der Waals surface area contributed by atoms with Gasteiger partial charge in [-0.25, -0.2) is 8.42 Å². The van der Waals surface area contributed by atoms with Gasteiger partial charge in [0.25, 0.3) is 0 Å². The lowest BCUT2D eigenvalue weighted by atomic mass is 10.1. The number of nitrogens with one attached hydrogen (secondary N) is 2. The minimum atomic E-state index is -3.31. The third-order valence-electron chi connectivity index (χ3n) is 4.55. The lowest BCUT2D eigenvalue weighted by Gasteiger charge is -2.29. The molecule has 8 heteroatoms. The van der Waals surface area contributed by atoms with Crippen LogP contribution in [0.5, 0.6) is 0 Å². The Balaban J connectivity index is 1.59. The lowest BCUT2D eigenvalue weighted by Crippen LogP contribution is -2.29. The summed E-state index contributed by atoms with van der Waals surface area (Å²) in [7, 11) is -3.31. The van der Waals surface area contributed by atoms with Crippen LogP contribution in [0, 0.1) is 0 Å². The Morgan fingerprint density at radius 2 is 1.69 bits per heavy atom. The van der Waals surface area contributed by atoms with E-state index in [-0.39, 0.29) is 5.91 Å². The molecule has 2 aromatic rings. The zero-order valence-corrected chi connectivity index (χ0v) is 17.8. The number of hydrogen-bond acceptors (Lipinski definition) is 4. The molecule has 1 aliphatic rings. The van der Waals surface area contributed by atoms with E-state index in [1.54, 1.807) is 36.4 Å². The molecular formula is C21H24ClN3O3S. The summed E-state index contributed by atoms with van der Waals surface area (Å²) < 4.78 is 24.8. The van der Waals surface area contributed by atoms with E-state index in [4.69, 9.17) is 11.6 Å². The number of carbonyl (C=O) groups excluding carboxylic acids is 1. The van der Waals surface area contributed by atoms with Crippen molar-refractivity contribution in [3.63, 3.8) is 0 Å². The molecule has 0 aliphatic carbocycles. The van der Waals surface area contributed by atoms with Crippen molar-refractivity contribution in [3.8, 4) is 0 Å². The van der Waals surface area contributed by atoms with Gasteiger partial charge in [0, 0.05) is 30.5 Å². The number of sulfonamides is 1. The minimum absolute atomic E-state index is 0.273. The molecule has 0 atom stereocenters. The van der Waals surface area contributed by atoms with Gasteiger partial charge in [-0.3, -0.25) is 9.52 Å². The second-order valence-corrected chi connectivity index (χ2v) is 9.19. The van der Waals surface area contributed by atoms with Crippen molar-refractivity contribution in [2.75, 3.05) is 34.3 Å². The van der Waals surface area contributed by atoms with Crippen LogP contribution in [0.25, 0.3) is 6.08 Å². The normalized spacial score (nSPS) is 14.8. The molecule has 1 fully saturated rings. The molecule has 6 nitrogen and oxygen atoms in total. The van der Waals surface area contributed by atoms with Gasteiger partial charge in [-0.05, 0) is 61.2 Å². The monoisotopic (exact) mass is 433 g/mol. The Morgan fingerprint density at radius 1 is 1.03 bits per heavy atom. The number of rotatable bonds is 6. The third kappa shape index (κ3) is 6.51. The van der Waals surface area contributed by atoms with Crippen LogP contribution in [-0.2, 0) is 14.8 Å². The van der Waals surface area contributed by atoms with Gasteiger partial charge in [-0.15, -0.1) is 0 Å². The van der Waals surface area contributed by atoms with Crippen LogP contribution in [0.2, 0.25) is 5.02 Å². The van der Waals surface area contributed by atoms with E-state index < -0.39 is 10.0 Å². The first-order valence-electron chi connectivity index (χ1n) is 9.41. The molecule has 2 N–H and O–H groups in total. The molecular weight excluding hydrogens is 410 g/mol. The molecule has 2 aromatic carbocycles. The summed E-state index contributed by atoms with van der Waals surface area (Å²) in [6.07, 6.45) is 7.77. The summed E-state index contributed by atoms with van der Waals surface area (Å²) in [5.74, 6) is -0.273. The number of amides is 1. The highest BCUT2D eigenvalue weighted by atomic mass is 35.5. The van der Waals surface area contributed by atoms with Crippen molar-refractivity contribution in [2.45, 2.75) is 19.3 Å². The van der Waals surface area contributed by atoms with Gasteiger partial charge in [-0.1, -0.05) is 23.7 Å². The summed E-state index contributed by atoms with van der Waals surface area (Å²) in [6.45, 7) is 2.01. The number of anilines is 3. The van der Waals surface area contributed by atoms with Crippen LogP contribution in [0.4, 0.5) is 17.1 Å². The molecule has 1 heterocycles. The SMILES string of the molecule is CS(=O)(=O)Nc1ccc(C=CC(=O)Nc2ccc(N3CCCCC3)c(Cl)c2)cc1. The number of halogens is 1. The molecule has 29 heavy (non-hydrogen) atoms. The highest BCUT2D eigenvalue weighted by Crippen LogP contribution is 2.30. The molecule has 1 aliphatic heterocycles. The highest BCUT2D eigenvalue weighted by molar-refractivity contribution is 7.92. The van der Waals surface area contributed by atoms with Gasteiger partial charge in [-0.2, -0.15) is 0 Å². The maximum absolute atomic E-state index is 12.2. The van der Waals surface area contributed by atoms with E-state index >= 15 is 0 Å². The molecule has 0 unspecified atom stereocenters. The van der Waals surface area contributed by atoms with E-state index in [2.05, 4.69) is 14.9 Å². The van der Waals surface area contributed by atoms with Crippen molar-refractivity contribution < 1.29 is 13.2 Å². The van der Waals surface area contributed by atoms with E-state index in [0.29, 0.717) is 16.4 Å². The molecule has 0 spiro atoms. The summed E-state index contributed by atoms with van der Waals surface area (Å²) in [5.41, 5.74) is 2.89. The van der Waals surface area contributed by atoms with Crippen molar-refractivity contribution in [2.24, 2.45) is 0 Å². The van der Waals surface area contributed by atoms with Gasteiger partial charge in [0.2, 0.25) is 15.9 Å². The Morgan fingerprint density at radius 3 is 2.31 bits per heavy atom. The van der Waals surface area contributed by atoms with Gasteiger partial charge < -0.3 is 10.2 Å². The zero-order valence-electron chi connectivity index (χ0n) is 16.2. The molecule has 3 rings (SSSR count). The van der Waals surface area contributed by atoms with Gasteiger partial charge in [0.15, 0.2) is 0 Å². The Labute approximate surface area is 176 Å². The number of carbonyl (C=O) groups is 1. The standard InChI is InChI=1S/C21H24ClN3O3S/c1-29(27,28)24-17-8-5-16(6-9-17)7-12-21(26)23-18-10-11-20(19(22)15-18)25-13-3-2-4-14-25/h5-12,15,24H,2-4,13-14H2,1H3,(H,23,26). The maximum atomic E-state index is 12.2. The predicted octanol–water partition coefficient (Wildman–Crippen LogP) is 4.35. The van der Waals surface area contributed by atoms with Crippen molar-refractivity contribution in [1.29, 1.82) is 0 Å². The van der Waals surface area contributed by atoms with Crippen molar-refractivity contribution in [1.82, 2.24) is 0 Å². The summed E-state index contributed by atoms with van der Waals surface area (Å²) >= 11 is 6.42. The largest absolute Gasteiger partial charge is 0.370 e. The number of hydrogen-bond donors (Lipinski definition) is 2. The second-order valence-electron chi connectivity index (χ2n) is 7.03. The molecule has 0 radical (unpaired) electrons. The summed E-state index contributed by atoms with van der Waals surface area (Å²) in [4.78, 5) is 14.5. The van der Waals surface area contributed by atoms with Crippen LogP contribution in [0.3, 0.4) is 0 Å². The Bertz CT molecular complexity index is 998. The average molecular weight is 434 g/mol. The molecule has 1 amide bonds. The van der Waals surface area contributed by atoms with E-state index in [1.165, 1.54) is 25.3 Å². The zero-order chi connectivity index (χ0) is 20.9. The van der Waals surface area contributed by atoms with E-state index in [1.807, 2.05) is 12.1 Å². The fourth-order valence-corrected chi connectivity index (χ4v) is 4.07. The van der Waals surface area contributed by atoms with Gasteiger partial charge in [0.05, 0.1) is 17.0 Å².